The second kappa shape index (κ2) is 4.63. The van der Waals surface area contributed by atoms with Crippen LogP contribution in [0.2, 0.25) is 0 Å². The summed E-state index contributed by atoms with van der Waals surface area (Å²) in [5.74, 6) is 0. The first-order valence-electron chi connectivity index (χ1n) is 4.52. The van der Waals surface area contributed by atoms with Gasteiger partial charge in [-0.15, -0.1) is 0 Å². The van der Waals surface area contributed by atoms with Crippen molar-refractivity contribution in [1.29, 1.82) is 0 Å². The maximum atomic E-state index is 11.3. The van der Waals surface area contributed by atoms with E-state index in [1.165, 1.54) is 18.0 Å². The summed E-state index contributed by atoms with van der Waals surface area (Å²) in [4.78, 5) is 5.18. The molecule has 0 saturated carbocycles. The van der Waals surface area contributed by atoms with Crippen LogP contribution in [0.1, 0.15) is 0 Å². The van der Waals surface area contributed by atoms with Crippen molar-refractivity contribution in [2.24, 2.45) is 0 Å². The third-order valence-electron chi connectivity index (χ3n) is 1.88. The maximum absolute atomic E-state index is 11.3. The Hall–Kier alpha value is -1.12. The highest BCUT2D eigenvalue weighted by molar-refractivity contribution is 7.99. The Kier molecular flexibility index (Phi) is 3.36. The number of nitrogens with two attached hydrogens (primary N) is 1. The van der Waals surface area contributed by atoms with Crippen LogP contribution in [0.25, 0.3) is 0 Å². The predicted molar refractivity (Wildman–Crippen MR) is 68.0 cm³/mol. The van der Waals surface area contributed by atoms with Crippen molar-refractivity contribution in [3.8, 4) is 0 Å². The molecule has 0 spiro atoms. The summed E-state index contributed by atoms with van der Waals surface area (Å²) in [5, 5.41) is 0.986. The lowest BCUT2D eigenvalue weighted by atomic mass is 10.4. The Morgan fingerprint density at radius 2 is 1.94 bits per heavy atom. The van der Waals surface area contributed by atoms with Gasteiger partial charge in [-0.3, -0.25) is 0 Å². The molecule has 0 aliphatic rings. The normalized spacial score (nSPS) is 11.6. The third-order valence-corrected chi connectivity index (χ3v) is 4.54. The van der Waals surface area contributed by atoms with Crippen molar-refractivity contribution < 1.29 is 8.42 Å². The first kappa shape index (κ1) is 12.3. The molecule has 1 heterocycles. The number of hydrogen-bond acceptors (Lipinski definition) is 7. The molecule has 0 unspecified atom stereocenters. The number of aromatic nitrogens is 2. The second-order valence-corrected chi connectivity index (χ2v) is 7.10. The van der Waals surface area contributed by atoms with E-state index in [1.807, 2.05) is 0 Å². The van der Waals surface area contributed by atoms with Gasteiger partial charge in [0.25, 0.3) is 0 Å². The fourth-order valence-corrected chi connectivity index (χ4v) is 3.04. The van der Waals surface area contributed by atoms with E-state index in [0.717, 1.165) is 16.4 Å². The maximum Gasteiger partial charge on any atom is 0.206 e. The van der Waals surface area contributed by atoms with Crippen LogP contribution in [0.5, 0.6) is 0 Å². The highest BCUT2D eigenvalue weighted by Crippen LogP contribution is 2.27. The van der Waals surface area contributed by atoms with Crippen LogP contribution < -0.4 is 5.73 Å². The van der Waals surface area contributed by atoms with Gasteiger partial charge in [0.05, 0.1) is 4.90 Å². The minimum absolute atomic E-state index is 0.299. The lowest BCUT2D eigenvalue weighted by Crippen LogP contribution is -1.95. The topological polar surface area (TPSA) is 85.9 Å². The van der Waals surface area contributed by atoms with E-state index < -0.39 is 9.84 Å². The quantitative estimate of drug-likeness (QED) is 0.924. The number of nitrogen functional groups attached to an aromatic ring is 1. The van der Waals surface area contributed by atoms with E-state index in [1.54, 1.807) is 24.3 Å². The number of nitrogens with zero attached hydrogens (tertiary/aromatic N) is 2. The van der Waals surface area contributed by atoms with E-state index >= 15 is 0 Å². The summed E-state index contributed by atoms with van der Waals surface area (Å²) in [5.41, 5.74) is 5.47. The summed E-state index contributed by atoms with van der Waals surface area (Å²) >= 11 is 2.47. The SMILES string of the molecule is CS(=O)(=O)c1ccc(Sc2nsc(N)n2)cc1. The lowest BCUT2D eigenvalue weighted by molar-refractivity contribution is 0.602. The summed E-state index contributed by atoms with van der Waals surface area (Å²) in [7, 11) is -3.15. The van der Waals surface area contributed by atoms with Gasteiger partial charge in [0.1, 0.15) is 0 Å². The molecule has 5 nitrogen and oxygen atoms in total. The van der Waals surface area contributed by atoms with E-state index in [9.17, 15) is 8.42 Å². The van der Waals surface area contributed by atoms with E-state index in [-0.39, 0.29) is 0 Å². The molecule has 2 rings (SSSR count). The highest BCUT2D eigenvalue weighted by atomic mass is 32.2. The van der Waals surface area contributed by atoms with Crippen LogP contribution in [0.4, 0.5) is 5.13 Å². The highest BCUT2D eigenvalue weighted by Gasteiger charge is 2.08. The molecule has 8 heteroatoms. The molecule has 0 aliphatic carbocycles. The lowest BCUT2D eigenvalue weighted by Gasteiger charge is -1.99. The van der Waals surface area contributed by atoms with Gasteiger partial charge in [0.2, 0.25) is 10.3 Å². The van der Waals surface area contributed by atoms with Crippen LogP contribution in [0.3, 0.4) is 0 Å². The average Bonchev–Trinajstić information content (AvgIpc) is 2.63. The molecule has 0 aliphatic heterocycles. The average molecular weight is 287 g/mol. The zero-order valence-corrected chi connectivity index (χ0v) is 11.3. The molecule has 2 N–H and O–H groups in total. The Morgan fingerprint density at radius 3 is 2.41 bits per heavy atom. The van der Waals surface area contributed by atoms with Gasteiger partial charge >= 0.3 is 0 Å². The molecule has 0 atom stereocenters. The molecule has 1 aromatic heterocycles. The zero-order valence-electron chi connectivity index (χ0n) is 8.82. The molecule has 90 valence electrons. The molecule has 0 radical (unpaired) electrons. The Morgan fingerprint density at radius 1 is 1.29 bits per heavy atom. The zero-order chi connectivity index (χ0) is 12.5. The minimum Gasteiger partial charge on any atom is -0.374 e. The minimum atomic E-state index is -3.15. The smallest absolute Gasteiger partial charge is 0.206 e. The van der Waals surface area contributed by atoms with Crippen molar-refractivity contribution in [3.05, 3.63) is 24.3 Å². The molecule has 0 amide bonds. The molecular formula is C9H9N3O2S3. The van der Waals surface area contributed by atoms with Crippen molar-refractivity contribution in [3.63, 3.8) is 0 Å². The van der Waals surface area contributed by atoms with Crippen molar-refractivity contribution in [1.82, 2.24) is 9.36 Å². The van der Waals surface area contributed by atoms with Gasteiger partial charge in [-0.25, -0.2) is 8.42 Å². The molecule has 17 heavy (non-hydrogen) atoms. The second-order valence-electron chi connectivity index (χ2n) is 3.26. The molecular weight excluding hydrogens is 278 g/mol. The van der Waals surface area contributed by atoms with Crippen LogP contribution in [0.15, 0.2) is 39.2 Å². The number of sulfone groups is 1. The number of rotatable bonds is 3. The summed E-state index contributed by atoms with van der Waals surface area (Å²) in [6.45, 7) is 0. The van der Waals surface area contributed by atoms with Crippen LogP contribution in [0, 0.1) is 0 Å². The standard InChI is InChI=1S/C9H9N3O2S3/c1-17(13,14)7-4-2-6(3-5-7)15-9-11-8(10)16-12-9/h2-5H,1H3,(H2,10,11,12). The monoisotopic (exact) mass is 287 g/mol. The summed E-state index contributed by atoms with van der Waals surface area (Å²) in [6.07, 6.45) is 1.18. The fourth-order valence-electron chi connectivity index (χ4n) is 1.12. The number of benzene rings is 1. The first-order valence-corrected chi connectivity index (χ1v) is 8.00. The molecule has 0 bridgehead atoms. The number of hydrogen-bond donors (Lipinski definition) is 1. The molecule has 0 saturated heterocycles. The first-order chi connectivity index (χ1) is 7.95. The third kappa shape index (κ3) is 3.18. The van der Waals surface area contributed by atoms with Gasteiger partial charge < -0.3 is 5.73 Å². The predicted octanol–water partition coefficient (Wildman–Crippen LogP) is 1.68. The van der Waals surface area contributed by atoms with Crippen LogP contribution >= 0.6 is 23.3 Å². The van der Waals surface area contributed by atoms with Gasteiger partial charge in [-0.2, -0.15) is 9.36 Å². The largest absolute Gasteiger partial charge is 0.374 e. The van der Waals surface area contributed by atoms with E-state index in [2.05, 4.69) is 9.36 Å². The van der Waals surface area contributed by atoms with Gasteiger partial charge in [0.15, 0.2) is 9.84 Å². The molecule has 1 aromatic carbocycles. The van der Waals surface area contributed by atoms with Crippen LogP contribution in [-0.2, 0) is 9.84 Å². The van der Waals surface area contributed by atoms with Gasteiger partial charge in [0, 0.05) is 22.7 Å². The molecule has 0 fully saturated rings. The Labute approximate surface area is 107 Å². The molecule has 2 aromatic rings. The van der Waals surface area contributed by atoms with Gasteiger partial charge in [-0.05, 0) is 36.0 Å². The Bertz CT molecular complexity index is 619. The summed E-state index contributed by atoms with van der Waals surface area (Å²) < 4.78 is 26.6. The van der Waals surface area contributed by atoms with Crippen molar-refractivity contribution >= 4 is 38.3 Å². The Balaban J connectivity index is 2.19. The van der Waals surface area contributed by atoms with Crippen LogP contribution in [-0.4, -0.2) is 24.0 Å². The number of anilines is 1. The van der Waals surface area contributed by atoms with Gasteiger partial charge in [-0.1, -0.05) is 0 Å². The van der Waals surface area contributed by atoms with E-state index in [4.69, 9.17) is 5.73 Å². The fraction of sp³-hybridized carbons (Fsp3) is 0.111. The van der Waals surface area contributed by atoms with Crippen molar-refractivity contribution in [2.75, 3.05) is 12.0 Å². The summed E-state index contributed by atoms with van der Waals surface area (Å²) in [6, 6.07) is 6.57. The van der Waals surface area contributed by atoms with E-state index in [0.29, 0.717) is 15.2 Å². The van der Waals surface area contributed by atoms with Crippen molar-refractivity contribution in [2.45, 2.75) is 14.9 Å².